The van der Waals surface area contributed by atoms with Crippen molar-refractivity contribution >= 4 is 38.8 Å². The molecule has 3 rings (SSSR count). The molecular formula is C15H14BrNO4. The van der Waals surface area contributed by atoms with Gasteiger partial charge in [-0.25, -0.2) is 0 Å². The Bertz CT molecular complexity index is 709. The number of hydrogen-bond donors (Lipinski definition) is 0. The number of amides is 1. The van der Waals surface area contributed by atoms with E-state index in [9.17, 15) is 9.59 Å². The lowest BCUT2D eigenvalue weighted by molar-refractivity contribution is -0.144. The number of nitrogens with zero attached hydrogens (tertiary/aromatic N) is 1. The topological polar surface area (TPSA) is 59.8 Å². The summed E-state index contributed by atoms with van der Waals surface area (Å²) >= 11 is 3.40. The van der Waals surface area contributed by atoms with Gasteiger partial charge in [0.1, 0.15) is 5.58 Å². The zero-order chi connectivity index (χ0) is 15.0. The van der Waals surface area contributed by atoms with Crippen LogP contribution in [-0.2, 0) is 9.53 Å². The quantitative estimate of drug-likeness (QED) is 0.780. The van der Waals surface area contributed by atoms with E-state index in [2.05, 4.69) is 15.9 Å². The molecule has 0 aliphatic carbocycles. The molecule has 1 aliphatic heterocycles. The molecule has 1 saturated heterocycles. The van der Waals surface area contributed by atoms with E-state index in [1.54, 1.807) is 11.0 Å². The van der Waals surface area contributed by atoms with E-state index in [4.69, 9.17) is 9.15 Å². The molecule has 0 spiro atoms. The van der Waals surface area contributed by atoms with Gasteiger partial charge in [-0.3, -0.25) is 9.59 Å². The summed E-state index contributed by atoms with van der Waals surface area (Å²) in [5.74, 6) is -0.403. The van der Waals surface area contributed by atoms with E-state index in [0.29, 0.717) is 30.9 Å². The fourth-order valence-corrected chi connectivity index (χ4v) is 3.05. The number of carbonyl (C=O) groups is 2. The fraction of sp³-hybridized carbons (Fsp3) is 0.333. The predicted molar refractivity (Wildman–Crippen MR) is 79.9 cm³/mol. The summed E-state index contributed by atoms with van der Waals surface area (Å²) in [5.41, 5.74) is 0.657. The number of esters is 1. The Labute approximate surface area is 130 Å². The number of para-hydroxylation sites is 1. The summed E-state index contributed by atoms with van der Waals surface area (Å²) < 4.78 is 11.2. The lowest BCUT2D eigenvalue weighted by Crippen LogP contribution is -2.29. The molecule has 0 N–H and O–H groups in total. The van der Waals surface area contributed by atoms with Crippen LogP contribution in [0, 0.1) is 5.92 Å². The standard InChI is InChI=1S/C15H14BrNO4/c1-20-15(19)10-5-6-17(8-10)14(18)12-7-9-3-2-4-11(16)13(9)21-12/h2-4,7,10H,5-6,8H2,1H3. The van der Waals surface area contributed by atoms with Gasteiger partial charge in [0.05, 0.1) is 17.5 Å². The van der Waals surface area contributed by atoms with Gasteiger partial charge in [-0.1, -0.05) is 12.1 Å². The van der Waals surface area contributed by atoms with Crippen LogP contribution in [0.4, 0.5) is 0 Å². The highest BCUT2D eigenvalue weighted by atomic mass is 79.9. The van der Waals surface area contributed by atoms with Crippen LogP contribution in [-0.4, -0.2) is 37.0 Å². The SMILES string of the molecule is COC(=O)C1CCN(C(=O)c2cc3cccc(Br)c3o2)C1. The van der Waals surface area contributed by atoms with E-state index in [0.717, 1.165) is 9.86 Å². The molecule has 0 saturated carbocycles. The van der Waals surface area contributed by atoms with E-state index in [1.165, 1.54) is 7.11 Å². The van der Waals surface area contributed by atoms with Crippen LogP contribution in [0.1, 0.15) is 17.0 Å². The van der Waals surface area contributed by atoms with Crippen molar-refractivity contribution in [3.63, 3.8) is 0 Å². The number of fused-ring (bicyclic) bond motifs is 1. The minimum absolute atomic E-state index is 0.190. The maximum absolute atomic E-state index is 12.4. The largest absolute Gasteiger partial charge is 0.469 e. The van der Waals surface area contributed by atoms with Gasteiger partial charge in [0.2, 0.25) is 0 Å². The number of hydrogen-bond acceptors (Lipinski definition) is 4. The maximum Gasteiger partial charge on any atom is 0.310 e. The molecule has 1 atom stereocenters. The minimum atomic E-state index is -0.266. The van der Waals surface area contributed by atoms with Gasteiger partial charge in [-0.15, -0.1) is 0 Å². The third-order valence-corrected chi connectivity index (χ3v) is 4.34. The molecular weight excluding hydrogens is 338 g/mol. The first-order chi connectivity index (χ1) is 10.1. The highest BCUT2D eigenvalue weighted by Crippen LogP contribution is 2.28. The first kappa shape index (κ1) is 14.1. The molecule has 21 heavy (non-hydrogen) atoms. The number of carbonyl (C=O) groups excluding carboxylic acids is 2. The number of methoxy groups -OCH3 is 1. The van der Waals surface area contributed by atoms with Crippen LogP contribution in [0.25, 0.3) is 11.0 Å². The fourth-order valence-electron chi connectivity index (χ4n) is 2.59. The van der Waals surface area contributed by atoms with E-state index in [-0.39, 0.29) is 17.8 Å². The van der Waals surface area contributed by atoms with Gasteiger partial charge in [-0.2, -0.15) is 0 Å². The number of benzene rings is 1. The third kappa shape index (κ3) is 2.55. The zero-order valence-electron chi connectivity index (χ0n) is 11.5. The Morgan fingerprint density at radius 2 is 2.24 bits per heavy atom. The number of ether oxygens (including phenoxy) is 1. The average molecular weight is 352 g/mol. The number of halogens is 1. The van der Waals surface area contributed by atoms with Gasteiger partial charge in [0.15, 0.2) is 5.76 Å². The van der Waals surface area contributed by atoms with E-state index in [1.807, 2.05) is 18.2 Å². The van der Waals surface area contributed by atoms with Crippen molar-refractivity contribution in [2.45, 2.75) is 6.42 Å². The molecule has 1 fully saturated rings. The molecule has 1 aromatic heterocycles. The van der Waals surface area contributed by atoms with Crippen molar-refractivity contribution < 1.29 is 18.7 Å². The van der Waals surface area contributed by atoms with Crippen molar-refractivity contribution in [2.24, 2.45) is 5.92 Å². The van der Waals surface area contributed by atoms with Gasteiger partial charge in [0.25, 0.3) is 5.91 Å². The summed E-state index contributed by atoms with van der Waals surface area (Å²) in [6.07, 6.45) is 0.627. The molecule has 0 bridgehead atoms. The van der Waals surface area contributed by atoms with Crippen LogP contribution in [0.3, 0.4) is 0 Å². The van der Waals surface area contributed by atoms with Crippen LogP contribution in [0.5, 0.6) is 0 Å². The molecule has 1 aromatic carbocycles. The van der Waals surface area contributed by atoms with Crippen molar-refractivity contribution in [3.05, 3.63) is 34.5 Å². The van der Waals surface area contributed by atoms with Crippen LogP contribution in [0.15, 0.2) is 33.2 Å². The molecule has 2 aromatic rings. The summed E-state index contributed by atoms with van der Waals surface area (Å²) in [5, 5.41) is 0.872. The van der Waals surface area contributed by atoms with Crippen LogP contribution >= 0.6 is 15.9 Å². The Morgan fingerprint density at radius 3 is 2.95 bits per heavy atom. The van der Waals surface area contributed by atoms with Crippen molar-refractivity contribution in [1.82, 2.24) is 4.90 Å². The predicted octanol–water partition coefficient (Wildman–Crippen LogP) is 2.83. The summed E-state index contributed by atoms with van der Waals surface area (Å²) in [6, 6.07) is 7.37. The molecule has 0 radical (unpaired) electrons. The monoisotopic (exact) mass is 351 g/mol. The Kier molecular flexibility index (Phi) is 3.71. The summed E-state index contributed by atoms with van der Waals surface area (Å²) in [6.45, 7) is 0.917. The second kappa shape index (κ2) is 5.52. The van der Waals surface area contributed by atoms with E-state index >= 15 is 0 Å². The molecule has 1 aliphatic rings. The van der Waals surface area contributed by atoms with Crippen molar-refractivity contribution in [1.29, 1.82) is 0 Å². The number of rotatable bonds is 2. The normalized spacial score (nSPS) is 18.2. The maximum atomic E-state index is 12.4. The molecule has 6 heteroatoms. The minimum Gasteiger partial charge on any atom is -0.469 e. The van der Waals surface area contributed by atoms with Gasteiger partial charge in [0, 0.05) is 18.5 Å². The molecule has 1 amide bonds. The van der Waals surface area contributed by atoms with Crippen LogP contribution in [0.2, 0.25) is 0 Å². The Balaban J connectivity index is 1.81. The highest BCUT2D eigenvalue weighted by molar-refractivity contribution is 9.10. The summed E-state index contributed by atoms with van der Waals surface area (Å²) in [4.78, 5) is 25.6. The second-order valence-corrected chi connectivity index (χ2v) is 5.88. The second-order valence-electron chi connectivity index (χ2n) is 5.03. The van der Waals surface area contributed by atoms with Gasteiger partial charge in [-0.05, 0) is 34.5 Å². The zero-order valence-corrected chi connectivity index (χ0v) is 13.1. The molecule has 1 unspecified atom stereocenters. The Hall–Kier alpha value is -1.82. The molecule has 2 heterocycles. The lowest BCUT2D eigenvalue weighted by Gasteiger charge is -2.14. The van der Waals surface area contributed by atoms with Gasteiger partial charge >= 0.3 is 5.97 Å². The first-order valence-corrected chi connectivity index (χ1v) is 7.44. The van der Waals surface area contributed by atoms with E-state index < -0.39 is 0 Å². The number of furan rings is 1. The first-order valence-electron chi connectivity index (χ1n) is 6.65. The highest BCUT2D eigenvalue weighted by Gasteiger charge is 2.33. The smallest absolute Gasteiger partial charge is 0.310 e. The molecule has 5 nitrogen and oxygen atoms in total. The lowest BCUT2D eigenvalue weighted by atomic mass is 10.1. The van der Waals surface area contributed by atoms with Crippen LogP contribution < -0.4 is 0 Å². The molecule has 110 valence electrons. The average Bonchev–Trinajstić information content (AvgIpc) is 3.13. The van der Waals surface area contributed by atoms with Crippen molar-refractivity contribution in [3.8, 4) is 0 Å². The summed E-state index contributed by atoms with van der Waals surface area (Å²) in [7, 11) is 1.36. The van der Waals surface area contributed by atoms with Crippen molar-refractivity contribution in [2.75, 3.05) is 20.2 Å². The number of likely N-dealkylation sites (tertiary alicyclic amines) is 1. The van der Waals surface area contributed by atoms with Gasteiger partial charge < -0.3 is 14.1 Å². The third-order valence-electron chi connectivity index (χ3n) is 3.72. The Morgan fingerprint density at radius 1 is 1.43 bits per heavy atom.